The van der Waals surface area contributed by atoms with Crippen LogP contribution in [0.15, 0.2) is 53.7 Å². The van der Waals surface area contributed by atoms with Crippen LogP contribution in [0, 0.1) is 0 Å². The monoisotopic (exact) mass is 309 g/mol. The number of carbonyl (C=O) groups excluding carboxylic acids is 1. The van der Waals surface area contributed by atoms with Crippen LogP contribution >= 0.6 is 11.8 Å². The average molecular weight is 309 g/mol. The minimum Gasteiger partial charge on any atom is -0.366 e. The molecule has 0 spiro atoms. The van der Waals surface area contributed by atoms with E-state index in [1.54, 1.807) is 17.8 Å². The number of H-pyrrole nitrogens is 1. The van der Waals surface area contributed by atoms with Gasteiger partial charge in [-0.05, 0) is 36.1 Å². The van der Waals surface area contributed by atoms with Gasteiger partial charge in [-0.2, -0.15) is 0 Å². The van der Waals surface area contributed by atoms with Crippen molar-refractivity contribution in [1.29, 1.82) is 0 Å². The standard InChI is InChI=1S/C17H15N3OS/c1-22-14-5-2-11(3-6-14)13-8-15-12(4-7-16(18)21)9-19-17(15)20-10-13/h2-10H,1H3,(H2,18,21)(H,19,20)/b7-4+. The second-order valence-electron chi connectivity index (χ2n) is 4.83. The summed E-state index contributed by atoms with van der Waals surface area (Å²) in [7, 11) is 0. The lowest BCUT2D eigenvalue weighted by Gasteiger charge is -2.03. The highest BCUT2D eigenvalue weighted by molar-refractivity contribution is 7.98. The van der Waals surface area contributed by atoms with Crippen LogP contribution < -0.4 is 5.73 Å². The number of pyridine rings is 1. The maximum Gasteiger partial charge on any atom is 0.241 e. The van der Waals surface area contributed by atoms with Crippen molar-refractivity contribution < 1.29 is 4.79 Å². The van der Waals surface area contributed by atoms with E-state index in [4.69, 9.17) is 5.73 Å². The maximum absolute atomic E-state index is 10.9. The minimum absolute atomic E-state index is 0.467. The van der Waals surface area contributed by atoms with Crippen molar-refractivity contribution in [2.45, 2.75) is 4.90 Å². The van der Waals surface area contributed by atoms with Gasteiger partial charge < -0.3 is 10.7 Å². The first kappa shape index (κ1) is 14.4. The third-order valence-corrected chi connectivity index (χ3v) is 4.16. The van der Waals surface area contributed by atoms with Crippen molar-refractivity contribution in [1.82, 2.24) is 9.97 Å². The van der Waals surface area contributed by atoms with E-state index >= 15 is 0 Å². The van der Waals surface area contributed by atoms with Crippen LogP contribution in [0.4, 0.5) is 0 Å². The second kappa shape index (κ2) is 6.07. The van der Waals surface area contributed by atoms with Crippen LogP contribution in [0.5, 0.6) is 0 Å². The van der Waals surface area contributed by atoms with Crippen LogP contribution in [0.1, 0.15) is 5.56 Å². The number of nitrogens with one attached hydrogen (secondary N) is 1. The summed E-state index contributed by atoms with van der Waals surface area (Å²) in [6.45, 7) is 0. The molecule has 0 bridgehead atoms. The van der Waals surface area contributed by atoms with Crippen molar-refractivity contribution in [3.63, 3.8) is 0 Å². The van der Waals surface area contributed by atoms with Gasteiger partial charge in [0.25, 0.3) is 0 Å². The van der Waals surface area contributed by atoms with Crippen molar-refractivity contribution in [2.75, 3.05) is 6.26 Å². The fraction of sp³-hybridized carbons (Fsp3) is 0.0588. The Bertz CT molecular complexity index is 850. The number of aromatic amines is 1. The molecule has 0 unspecified atom stereocenters. The molecule has 4 nitrogen and oxygen atoms in total. The highest BCUT2D eigenvalue weighted by atomic mass is 32.2. The zero-order valence-electron chi connectivity index (χ0n) is 12.0. The van der Waals surface area contributed by atoms with Gasteiger partial charge in [-0.15, -0.1) is 11.8 Å². The molecule has 3 rings (SSSR count). The number of hydrogen-bond donors (Lipinski definition) is 2. The number of thioether (sulfide) groups is 1. The number of hydrogen-bond acceptors (Lipinski definition) is 3. The van der Waals surface area contributed by atoms with Gasteiger partial charge in [-0.3, -0.25) is 4.79 Å². The quantitative estimate of drug-likeness (QED) is 0.573. The lowest BCUT2D eigenvalue weighted by atomic mass is 10.1. The smallest absolute Gasteiger partial charge is 0.241 e. The Morgan fingerprint density at radius 1 is 1.27 bits per heavy atom. The van der Waals surface area contributed by atoms with Gasteiger partial charge in [0, 0.05) is 39.9 Å². The van der Waals surface area contributed by atoms with Gasteiger partial charge in [0.2, 0.25) is 5.91 Å². The summed E-state index contributed by atoms with van der Waals surface area (Å²) >= 11 is 1.71. The number of rotatable bonds is 4. The van der Waals surface area contributed by atoms with E-state index < -0.39 is 5.91 Å². The minimum atomic E-state index is -0.467. The van der Waals surface area contributed by atoms with E-state index in [1.807, 2.05) is 12.4 Å². The van der Waals surface area contributed by atoms with E-state index in [2.05, 4.69) is 46.6 Å². The zero-order chi connectivity index (χ0) is 15.5. The van der Waals surface area contributed by atoms with Crippen LogP contribution in [0.2, 0.25) is 0 Å². The molecule has 0 radical (unpaired) electrons. The number of aromatic nitrogens is 2. The molecular formula is C17H15N3OS. The topological polar surface area (TPSA) is 71.8 Å². The maximum atomic E-state index is 10.9. The van der Waals surface area contributed by atoms with E-state index in [9.17, 15) is 4.79 Å². The van der Waals surface area contributed by atoms with Gasteiger partial charge in [0.15, 0.2) is 0 Å². The normalized spacial score (nSPS) is 11.3. The predicted molar refractivity (Wildman–Crippen MR) is 91.5 cm³/mol. The van der Waals surface area contributed by atoms with Crippen molar-refractivity contribution in [3.8, 4) is 11.1 Å². The molecule has 5 heteroatoms. The Morgan fingerprint density at radius 2 is 2.05 bits per heavy atom. The highest BCUT2D eigenvalue weighted by Crippen LogP contribution is 2.27. The SMILES string of the molecule is CSc1ccc(-c2cnc3[nH]cc(/C=C/C(N)=O)c3c2)cc1. The van der Waals surface area contributed by atoms with E-state index in [0.29, 0.717) is 0 Å². The first-order chi connectivity index (χ1) is 10.7. The molecule has 0 aliphatic rings. The molecule has 0 aliphatic carbocycles. The van der Waals surface area contributed by atoms with Gasteiger partial charge in [0.05, 0.1) is 0 Å². The summed E-state index contributed by atoms with van der Waals surface area (Å²) in [5, 5.41) is 0.962. The fourth-order valence-electron chi connectivity index (χ4n) is 2.27. The summed E-state index contributed by atoms with van der Waals surface area (Å²) in [5.74, 6) is -0.467. The third-order valence-electron chi connectivity index (χ3n) is 3.41. The summed E-state index contributed by atoms with van der Waals surface area (Å²) in [4.78, 5) is 19.6. The molecule has 0 atom stereocenters. The first-order valence-corrected chi connectivity index (χ1v) is 7.99. The Kier molecular flexibility index (Phi) is 3.98. The van der Waals surface area contributed by atoms with Gasteiger partial charge >= 0.3 is 0 Å². The number of nitrogens with two attached hydrogens (primary N) is 1. The molecule has 3 aromatic rings. The van der Waals surface area contributed by atoms with Gasteiger partial charge in [0.1, 0.15) is 5.65 Å². The molecule has 22 heavy (non-hydrogen) atoms. The molecule has 0 aliphatic heterocycles. The first-order valence-electron chi connectivity index (χ1n) is 6.76. The Labute approximate surface area is 132 Å². The molecule has 1 amide bonds. The van der Waals surface area contributed by atoms with Crippen molar-refractivity contribution in [3.05, 3.63) is 54.4 Å². The van der Waals surface area contributed by atoms with Gasteiger partial charge in [-0.1, -0.05) is 12.1 Å². The molecule has 110 valence electrons. The summed E-state index contributed by atoms with van der Waals surface area (Å²) in [6, 6.07) is 10.4. The third kappa shape index (κ3) is 2.89. The summed E-state index contributed by atoms with van der Waals surface area (Å²) < 4.78 is 0. The molecular weight excluding hydrogens is 294 g/mol. The van der Waals surface area contributed by atoms with Crippen molar-refractivity contribution >= 4 is 34.8 Å². The number of nitrogens with zero attached hydrogens (tertiary/aromatic N) is 1. The van der Waals surface area contributed by atoms with Crippen molar-refractivity contribution in [2.24, 2.45) is 5.73 Å². The van der Waals surface area contributed by atoms with Crippen LogP contribution in [0.3, 0.4) is 0 Å². The Hall–Kier alpha value is -2.53. The fourth-order valence-corrected chi connectivity index (χ4v) is 2.68. The molecule has 2 aromatic heterocycles. The van der Waals surface area contributed by atoms with Crippen LogP contribution in [0.25, 0.3) is 28.2 Å². The molecule has 1 aromatic carbocycles. The highest BCUT2D eigenvalue weighted by Gasteiger charge is 2.06. The number of benzene rings is 1. The Balaban J connectivity index is 2.03. The largest absolute Gasteiger partial charge is 0.366 e. The number of fused-ring (bicyclic) bond motifs is 1. The molecule has 3 N–H and O–H groups in total. The van der Waals surface area contributed by atoms with E-state index in [0.717, 1.165) is 27.7 Å². The van der Waals surface area contributed by atoms with Crippen LogP contribution in [-0.2, 0) is 4.79 Å². The number of amides is 1. The second-order valence-corrected chi connectivity index (χ2v) is 5.71. The lowest BCUT2D eigenvalue weighted by molar-refractivity contribution is -0.113. The molecule has 0 saturated carbocycles. The lowest BCUT2D eigenvalue weighted by Crippen LogP contribution is -2.04. The summed E-state index contributed by atoms with van der Waals surface area (Å²) in [6.07, 6.45) is 8.76. The molecule has 0 saturated heterocycles. The number of primary amides is 1. The summed E-state index contributed by atoms with van der Waals surface area (Å²) in [5.41, 5.74) is 8.97. The van der Waals surface area contributed by atoms with Gasteiger partial charge in [-0.25, -0.2) is 4.98 Å². The zero-order valence-corrected chi connectivity index (χ0v) is 12.9. The molecule has 2 heterocycles. The average Bonchev–Trinajstić information content (AvgIpc) is 2.95. The Morgan fingerprint density at radius 3 is 2.73 bits per heavy atom. The molecule has 0 fully saturated rings. The van der Waals surface area contributed by atoms with E-state index in [-0.39, 0.29) is 0 Å². The van der Waals surface area contributed by atoms with E-state index in [1.165, 1.54) is 11.0 Å². The number of carbonyl (C=O) groups is 1. The predicted octanol–water partition coefficient (Wildman–Crippen LogP) is 3.45. The van der Waals surface area contributed by atoms with Crippen LogP contribution in [-0.4, -0.2) is 22.1 Å².